The van der Waals surface area contributed by atoms with Crippen molar-refractivity contribution in [1.29, 1.82) is 0 Å². The summed E-state index contributed by atoms with van der Waals surface area (Å²) in [5.41, 5.74) is 1.91. The Bertz CT molecular complexity index is 510. The molecule has 1 aromatic heterocycles. The van der Waals surface area contributed by atoms with Gasteiger partial charge in [0, 0.05) is 24.7 Å². The van der Waals surface area contributed by atoms with Crippen molar-refractivity contribution < 1.29 is 0 Å². The summed E-state index contributed by atoms with van der Waals surface area (Å²) >= 11 is 6.08. The average molecular weight is 262 g/mol. The van der Waals surface area contributed by atoms with Crippen LogP contribution in [0.4, 0.5) is 5.95 Å². The van der Waals surface area contributed by atoms with E-state index in [1.54, 1.807) is 6.07 Å². The van der Waals surface area contributed by atoms with Gasteiger partial charge in [-0.25, -0.2) is 9.97 Å². The van der Waals surface area contributed by atoms with Gasteiger partial charge in [0.15, 0.2) is 0 Å². The van der Waals surface area contributed by atoms with Crippen molar-refractivity contribution in [3.8, 4) is 11.3 Å². The summed E-state index contributed by atoms with van der Waals surface area (Å²) in [5.74, 6) is 0.686. The Hall–Kier alpha value is -1.61. The topological polar surface area (TPSA) is 29.0 Å². The van der Waals surface area contributed by atoms with E-state index in [0.29, 0.717) is 11.1 Å². The minimum atomic E-state index is 0.478. The number of hydrogen-bond donors (Lipinski definition) is 0. The summed E-state index contributed by atoms with van der Waals surface area (Å²) in [6.45, 7) is 5.89. The van der Waals surface area contributed by atoms with Crippen LogP contribution < -0.4 is 4.90 Å². The van der Waals surface area contributed by atoms with Crippen molar-refractivity contribution in [2.45, 2.75) is 13.8 Å². The number of rotatable bonds is 4. The molecule has 0 saturated carbocycles. The third-order valence-electron chi connectivity index (χ3n) is 2.80. The fraction of sp³-hybridized carbons (Fsp3) is 0.286. The van der Waals surface area contributed by atoms with E-state index in [4.69, 9.17) is 11.6 Å². The molecule has 2 rings (SSSR count). The molecule has 2 aromatic rings. The minimum absolute atomic E-state index is 0.478. The molecular weight excluding hydrogens is 246 g/mol. The quantitative estimate of drug-likeness (QED) is 0.787. The first-order valence-electron chi connectivity index (χ1n) is 6.09. The number of benzene rings is 1. The average Bonchev–Trinajstić information content (AvgIpc) is 2.40. The van der Waals surface area contributed by atoms with E-state index in [-0.39, 0.29) is 0 Å². The normalized spacial score (nSPS) is 10.4. The van der Waals surface area contributed by atoms with Crippen LogP contribution in [-0.2, 0) is 0 Å². The first-order valence-corrected chi connectivity index (χ1v) is 6.47. The maximum atomic E-state index is 6.08. The SMILES string of the molecule is CCN(CC)c1nc(Cl)cc(-c2ccccc2)n1. The van der Waals surface area contributed by atoms with Crippen LogP contribution in [0.1, 0.15) is 13.8 Å². The van der Waals surface area contributed by atoms with Gasteiger partial charge >= 0.3 is 0 Å². The molecule has 0 atom stereocenters. The van der Waals surface area contributed by atoms with Crippen molar-refractivity contribution in [3.63, 3.8) is 0 Å². The summed E-state index contributed by atoms with van der Waals surface area (Å²) in [7, 11) is 0. The molecule has 1 heterocycles. The van der Waals surface area contributed by atoms with Gasteiger partial charge in [0.2, 0.25) is 5.95 Å². The van der Waals surface area contributed by atoms with Crippen LogP contribution in [0.2, 0.25) is 5.15 Å². The molecular formula is C14H16ClN3. The Morgan fingerprint density at radius 2 is 1.72 bits per heavy atom. The van der Waals surface area contributed by atoms with Crippen molar-refractivity contribution in [2.75, 3.05) is 18.0 Å². The summed E-state index contributed by atoms with van der Waals surface area (Å²) in [5, 5.41) is 0.478. The Morgan fingerprint density at radius 3 is 2.33 bits per heavy atom. The highest BCUT2D eigenvalue weighted by Gasteiger charge is 2.09. The minimum Gasteiger partial charge on any atom is -0.341 e. The number of hydrogen-bond acceptors (Lipinski definition) is 3. The van der Waals surface area contributed by atoms with E-state index in [2.05, 4.69) is 28.7 Å². The van der Waals surface area contributed by atoms with Gasteiger partial charge < -0.3 is 4.90 Å². The first-order chi connectivity index (χ1) is 8.74. The van der Waals surface area contributed by atoms with E-state index in [9.17, 15) is 0 Å². The lowest BCUT2D eigenvalue weighted by Gasteiger charge is -2.19. The van der Waals surface area contributed by atoms with Crippen LogP contribution in [0.25, 0.3) is 11.3 Å². The molecule has 94 valence electrons. The maximum absolute atomic E-state index is 6.08. The molecule has 18 heavy (non-hydrogen) atoms. The Balaban J connectivity index is 2.44. The van der Waals surface area contributed by atoms with E-state index in [1.165, 1.54) is 0 Å². The molecule has 0 aliphatic carbocycles. The second kappa shape index (κ2) is 5.83. The van der Waals surface area contributed by atoms with Gasteiger partial charge in [-0.15, -0.1) is 0 Å². The van der Waals surface area contributed by atoms with Crippen LogP contribution in [-0.4, -0.2) is 23.1 Å². The van der Waals surface area contributed by atoms with Crippen molar-refractivity contribution in [2.24, 2.45) is 0 Å². The van der Waals surface area contributed by atoms with Crippen molar-refractivity contribution in [1.82, 2.24) is 9.97 Å². The Morgan fingerprint density at radius 1 is 1.06 bits per heavy atom. The largest absolute Gasteiger partial charge is 0.341 e. The number of nitrogens with zero attached hydrogens (tertiary/aromatic N) is 3. The van der Waals surface area contributed by atoms with E-state index in [0.717, 1.165) is 24.3 Å². The molecule has 4 heteroatoms. The molecule has 0 unspecified atom stereocenters. The van der Waals surface area contributed by atoms with Gasteiger partial charge in [-0.3, -0.25) is 0 Å². The molecule has 0 amide bonds. The summed E-state index contributed by atoms with van der Waals surface area (Å²) in [6.07, 6.45) is 0. The summed E-state index contributed by atoms with van der Waals surface area (Å²) in [4.78, 5) is 10.9. The van der Waals surface area contributed by atoms with Crippen LogP contribution in [0.5, 0.6) is 0 Å². The van der Waals surface area contributed by atoms with Gasteiger partial charge in [0.25, 0.3) is 0 Å². The van der Waals surface area contributed by atoms with E-state index >= 15 is 0 Å². The Labute approximate surface area is 112 Å². The molecule has 0 saturated heterocycles. The van der Waals surface area contributed by atoms with Gasteiger partial charge in [-0.2, -0.15) is 0 Å². The van der Waals surface area contributed by atoms with Gasteiger partial charge in [0.1, 0.15) is 5.15 Å². The van der Waals surface area contributed by atoms with Gasteiger partial charge in [0.05, 0.1) is 5.69 Å². The smallest absolute Gasteiger partial charge is 0.227 e. The second-order valence-electron chi connectivity index (χ2n) is 3.91. The van der Waals surface area contributed by atoms with Crippen LogP contribution in [0.15, 0.2) is 36.4 Å². The van der Waals surface area contributed by atoms with Crippen molar-refractivity contribution >= 4 is 17.5 Å². The zero-order chi connectivity index (χ0) is 13.0. The number of aromatic nitrogens is 2. The second-order valence-corrected chi connectivity index (χ2v) is 4.30. The third kappa shape index (κ3) is 2.79. The number of halogens is 1. The standard InChI is InChI=1S/C14H16ClN3/c1-3-18(4-2)14-16-12(10-13(15)17-14)11-8-6-5-7-9-11/h5-10H,3-4H2,1-2H3. The fourth-order valence-electron chi connectivity index (χ4n) is 1.81. The molecule has 3 nitrogen and oxygen atoms in total. The highest BCUT2D eigenvalue weighted by Crippen LogP contribution is 2.22. The monoisotopic (exact) mass is 261 g/mol. The van der Waals surface area contributed by atoms with Crippen LogP contribution in [0, 0.1) is 0 Å². The molecule has 0 fully saturated rings. The van der Waals surface area contributed by atoms with E-state index < -0.39 is 0 Å². The molecule has 0 N–H and O–H groups in total. The predicted octanol–water partition coefficient (Wildman–Crippen LogP) is 3.64. The third-order valence-corrected chi connectivity index (χ3v) is 2.99. The van der Waals surface area contributed by atoms with Gasteiger partial charge in [-0.1, -0.05) is 41.9 Å². The zero-order valence-corrected chi connectivity index (χ0v) is 11.4. The zero-order valence-electron chi connectivity index (χ0n) is 10.6. The van der Waals surface area contributed by atoms with E-state index in [1.807, 2.05) is 30.3 Å². The highest BCUT2D eigenvalue weighted by atomic mass is 35.5. The first kappa shape index (κ1) is 12.8. The molecule has 1 aromatic carbocycles. The molecule has 0 bridgehead atoms. The highest BCUT2D eigenvalue weighted by molar-refractivity contribution is 6.29. The molecule has 0 aliphatic heterocycles. The molecule has 0 radical (unpaired) electrons. The lowest BCUT2D eigenvalue weighted by molar-refractivity contribution is 0.822. The summed E-state index contributed by atoms with van der Waals surface area (Å²) in [6, 6.07) is 11.8. The van der Waals surface area contributed by atoms with Gasteiger partial charge in [-0.05, 0) is 13.8 Å². The lowest BCUT2D eigenvalue weighted by Crippen LogP contribution is -2.24. The fourth-order valence-corrected chi connectivity index (χ4v) is 1.99. The Kier molecular flexibility index (Phi) is 4.15. The lowest BCUT2D eigenvalue weighted by atomic mass is 10.1. The van der Waals surface area contributed by atoms with Crippen molar-refractivity contribution in [3.05, 3.63) is 41.6 Å². The molecule has 0 spiro atoms. The summed E-state index contributed by atoms with van der Waals surface area (Å²) < 4.78 is 0. The van der Waals surface area contributed by atoms with Crippen LogP contribution >= 0.6 is 11.6 Å². The molecule has 0 aliphatic rings. The maximum Gasteiger partial charge on any atom is 0.227 e. The predicted molar refractivity (Wildman–Crippen MR) is 76.0 cm³/mol. The van der Waals surface area contributed by atoms with Crippen LogP contribution in [0.3, 0.4) is 0 Å². The number of anilines is 1.